The minimum Gasteiger partial charge on any atom is -0.490 e. The number of rotatable bonds is 11. The lowest BCUT2D eigenvalue weighted by Gasteiger charge is -2.13. The third-order valence-corrected chi connectivity index (χ3v) is 6.74. The van der Waals surface area contributed by atoms with Gasteiger partial charge in [-0.2, -0.15) is 5.26 Å². The zero-order chi connectivity index (χ0) is 29.2. The van der Waals surface area contributed by atoms with Gasteiger partial charge in [0.15, 0.2) is 11.5 Å². The van der Waals surface area contributed by atoms with Gasteiger partial charge in [0.2, 0.25) is 0 Å². The molecular formula is C32H25Cl3N2O4. The monoisotopic (exact) mass is 606 g/mol. The van der Waals surface area contributed by atoms with Crippen molar-refractivity contribution in [3.05, 3.63) is 122 Å². The first-order chi connectivity index (χ1) is 19.8. The molecule has 0 heterocycles. The van der Waals surface area contributed by atoms with Crippen molar-refractivity contribution in [2.24, 2.45) is 0 Å². The Morgan fingerprint density at radius 2 is 1.51 bits per heavy atom. The van der Waals surface area contributed by atoms with Gasteiger partial charge in [-0.05, 0) is 90.4 Å². The SMILES string of the molecule is CCOc1cc(/C=C(\C#N)C(=O)Nc2ccc(OCc3ccc(Cl)cc3)cc2)ccc1OCc1ccc(Cl)c(Cl)c1. The molecule has 0 saturated carbocycles. The molecule has 4 aromatic rings. The van der Waals surface area contributed by atoms with Gasteiger partial charge in [-0.15, -0.1) is 0 Å². The number of nitrogens with zero attached hydrogens (tertiary/aromatic N) is 1. The van der Waals surface area contributed by atoms with Crippen LogP contribution in [0, 0.1) is 11.3 Å². The van der Waals surface area contributed by atoms with Crippen LogP contribution in [-0.2, 0) is 18.0 Å². The Bertz CT molecular complexity index is 1580. The van der Waals surface area contributed by atoms with E-state index in [1.807, 2.05) is 31.2 Å². The summed E-state index contributed by atoms with van der Waals surface area (Å²) in [4.78, 5) is 12.8. The summed E-state index contributed by atoms with van der Waals surface area (Å²) < 4.78 is 17.5. The smallest absolute Gasteiger partial charge is 0.266 e. The van der Waals surface area contributed by atoms with Gasteiger partial charge >= 0.3 is 0 Å². The van der Waals surface area contributed by atoms with E-state index in [2.05, 4.69) is 5.32 Å². The average molecular weight is 608 g/mol. The van der Waals surface area contributed by atoms with E-state index in [0.29, 0.717) is 56.8 Å². The molecule has 0 aliphatic carbocycles. The molecule has 0 saturated heterocycles. The maximum Gasteiger partial charge on any atom is 0.266 e. The number of halogens is 3. The predicted octanol–water partition coefficient (Wildman–Crippen LogP) is 8.75. The molecule has 0 unspecified atom stereocenters. The first kappa shape index (κ1) is 29.8. The van der Waals surface area contributed by atoms with Crippen LogP contribution in [0.3, 0.4) is 0 Å². The second kappa shape index (κ2) is 14.5. The number of carbonyl (C=O) groups is 1. The van der Waals surface area contributed by atoms with Crippen LogP contribution in [0.2, 0.25) is 15.1 Å². The van der Waals surface area contributed by atoms with Crippen molar-refractivity contribution in [3.8, 4) is 23.3 Å². The fourth-order valence-electron chi connectivity index (χ4n) is 3.69. The summed E-state index contributed by atoms with van der Waals surface area (Å²) >= 11 is 18.0. The van der Waals surface area contributed by atoms with Crippen LogP contribution in [0.4, 0.5) is 5.69 Å². The quantitative estimate of drug-likeness (QED) is 0.136. The Hall–Kier alpha value is -4.15. The second-order valence-corrected chi connectivity index (χ2v) is 9.99. The lowest BCUT2D eigenvalue weighted by molar-refractivity contribution is -0.112. The van der Waals surface area contributed by atoms with Crippen LogP contribution in [-0.4, -0.2) is 12.5 Å². The van der Waals surface area contributed by atoms with Crippen LogP contribution in [0.15, 0.2) is 90.5 Å². The normalized spacial score (nSPS) is 11.0. The number of hydrogen-bond donors (Lipinski definition) is 1. The number of benzene rings is 4. The summed E-state index contributed by atoms with van der Waals surface area (Å²) in [5.74, 6) is 1.09. The number of nitriles is 1. The van der Waals surface area contributed by atoms with Crippen molar-refractivity contribution in [1.82, 2.24) is 0 Å². The van der Waals surface area contributed by atoms with E-state index in [4.69, 9.17) is 49.0 Å². The van der Waals surface area contributed by atoms with Gasteiger partial charge in [-0.3, -0.25) is 4.79 Å². The maximum absolute atomic E-state index is 12.8. The maximum atomic E-state index is 12.8. The first-order valence-electron chi connectivity index (χ1n) is 12.6. The highest BCUT2D eigenvalue weighted by Gasteiger charge is 2.12. The van der Waals surface area contributed by atoms with Gasteiger partial charge in [0.05, 0.1) is 16.7 Å². The van der Waals surface area contributed by atoms with Crippen LogP contribution < -0.4 is 19.5 Å². The molecule has 208 valence electrons. The highest BCUT2D eigenvalue weighted by molar-refractivity contribution is 6.42. The van der Waals surface area contributed by atoms with Gasteiger partial charge in [-0.25, -0.2) is 0 Å². The Morgan fingerprint density at radius 3 is 2.20 bits per heavy atom. The number of nitrogens with one attached hydrogen (secondary N) is 1. The summed E-state index contributed by atoms with van der Waals surface area (Å²) in [5.41, 5.74) is 2.88. The fourth-order valence-corrected chi connectivity index (χ4v) is 4.13. The molecule has 4 aromatic carbocycles. The lowest BCUT2D eigenvalue weighted by Crippen LogP contribution is -2.13. The molecule has 0 radical (unpaired) electrons. The van der Waals surface area contributed by atoms with E-state index in [1.165, 1.54) is 6.08 Å². The highest BCUT2D eigenvalue weighted by atomic mass is 35.5. The topological polar surface area (TPSA) is 80.6 Å². The van der Waals surface area contributed by atoms with Crippen LogP contribution in [0.25, 0.3) is 6.08 Å². The van der Waals surface area contributed by atoms with E-state index in [0.717, 1.165) is 11.1 Å². The lowest BCUT2D eigenvalue weighted by atomic mass is 10.1. The van der Waals surface area contributed by atoms with E-state index >= 15 is 0 Å². The first-order valence-corrected chi connectivity index (χ1v) is 13.7. The number of hydrogen-bond acceptors (Lipinski definition) is 5. The zero-order valence-electron chi connectivity index (χ0n) is 22.0. The fraction of sp³-hybridized carbons (Fsp3) is 0.125. The third kappa shape index (κ3) is 8.67. The Morgan fingerprint density at radius 1 is 0.805 bits per heavy atom. The van der Waals surface area contributed by atoms with Crippen LogP contribution in [0.1, 0.15) is 23.6 Å². The van der Waals surface area contributed by atoms with Crippen molar-refractivity contribution in [2.45, 2.75) is 20.1 Å². The van der Waals surface area contributed by atoms with Crippen molar-refractivity contribution in [2.75, 3.05) is 11.9 Å². The molecule has 0 atom stereocenters. The van der Waals surface area contributed by atoms with Gasteiger partial charge in [0, 0.05) is 10.7 Å². The molecule has 1 amide bonds. The van der Waals surface area contributed by atoms with Crippen molar-refractivity contribution < 1.29 is 19.0 Å². The largest absolute Gasteiger partial charge is 0.490 e. The van der Waals surface area contributed by atoms with E-state index < -0.39 is 5.91 Å². The molecule has 0 spiro atoms. The molecule has 0 fully saturated rings. The Balaban J connectivity index is 1.40. The number of carbonyl (C=O) groups excluding carboxylic acids is 1. The summed E-state index contributed by atoms with van der Waals surface area (Å²) in [5, 5.41) is 14.0. The van der Waals surface area contributed by atoms with E-state index in [1.54, 1.807) is 66.7 Å². The van der Waals surface area contributed by atoms with Gasteiger partial charge < -0.3 is 19.5 Å². The molecule has 6 nitrogen and oxygen atoms in total. The second-order valence-electron chi connectivity index (χ2n) is 8.74. The predicted molar refractivity (Wildman–Crippen MR) is 163 cm³/mol. The molecule has 0 bridgehead atoms. The summed E-state index contributed by atoms with van der Waals surface area (Å²) in [6.45, 7) is 2.89. The van der Waals surface area contributed by atoms with E-state index in [-0.39, 0.29) is 12.2 Å². The molecule has 9 heteroatoms. The van der Waals surface area contributed by atoms with Crippen molar-refractivity contribution in [3.63, 3.8) is 0 Å². The third-order valence-electron chi connectivity index (χ3n) is 5.75. The number of amides is 1. The Labute approximate surface area is 253 Å². The molecule has 4 rings (SSSR count). The number of ether oxygens (including phenoxy) is 3. The van der Waals surface area contributed by atoms with Gasteiger partial charge in [0.1, 0.15) is 30.6 Å². The molecule has 0 aliphatic rings. The summed E-state index contributed by atoms with van der Waals surface area (Å²) in [6.07, 6.45) is 1.49. The summed E-state index contributed by atoms with van der Waals surface area (Å²) in [6, 6.07) is 26.7. The molecule has 1 N–H and O–H groups in total. The molecular weight excluding hydrogens is 583 g/mol. The van der Waals surface area contributed by atoms with Gasteiger partial charge in [-0.1, -0.05) is 59.1 Å². The average Bonchev–Trinajstić information content (AvgIpc) is 2.97. The summed E-state index contributed by atoms with van der Waals surface area (Å²) in [7, 11) is 0. The minimum absolute atomic E-state index is 0.0695. The zero-order valence-corrected chi connectivity index (χ0v) is 24.3. The highest BCUT2D eigenvalue weighted by Crippen LogP contribution is 2.31. The molecule has 0 aliphatic heterocycles. The minimum atomic E-state index is -0.541. The number of anilines is 1. The van der Waals surface area contributed by atoms with Crippen LogP contribution in [0.5, 0.6) is 17.2 Å². The van der Waals surface area contributed by atoms with Gasteiger partial charge in [0.25, 0.3) is 5.91 Å². The van der Waals surface area contributed by atoms with Crippen molar-refractivity contribution in [1.29, 1.82) is 5.26 Å². The molecule has 41 heavy (non-hydrogen) atoms. The Kier molecular flexibility index (Phi) is 10.5. The standard InChI is InChI=1S/C32H25Cl3N2O4/c1-2-39-31-17-22(6-14-30(31)41-20-23-5-13-28(34)29(35)16-23)15-24(18-36)32(38)37-26-9-11-27(12-10-26)40-19-21-3-7-25(33)8-4-21/h3-17H,2,19-20H2,1H3,(H,37,38)/b24-15+. The van der Waals surface area contributed by atoms with E-state index in [9.17, 15) is 10.1 Å². The van der Waals surface area contributed by atoms with Crippen molar-refractivity contribution >= 4 is 52.5 Å². The van der Waals surface area contributed by atoms with Crippen LogP contribution >= 0.6 is 34.8 Å². The molecule has 0 aromatic heterocycles.